The highest BCUT2D eigenvalue weighted by Crippen LogP contribution is 2.29. The van der Waals surface area contributed by atoms with E-state index in [0.717, 1.165) is 25.0 Å². The standard InChI is InChI=1S/C8H11NO2S/c10-7(5-1-2-5)9-6-3-4-12-8(6)11/h5-6H,1-4H2,(H,9,10). The molecule has 2 fully saturated rings. The molecule has 1 heterocycles. The molecule has 1 N–H and O–H groups in total. The van der Waals surface area contributed by atoms with Crippen LogP contribution in [0.4, 0.5) is 0 Å². The van der Waals surface area contributed by atoms with Crippen molar-refractivity contribution in [1.82, 2.24) is 5.32 Å². The molecule has 3 nitrogen and oxygen atoms in total. The Morgan fingerprint density at radius 2 is 2.17 bits per heavy atom. The molecule has 1 unspecified atom stereocenters. The van der Waals surface area contributed by atoms with E-state index in [0.29, 0.717) is 0 Å². The van der Waals surface area contributed by atoms with Crippen LogP contribution in [0.15, 0.2) is 0 Å². The zero-order valence-corrected chi connectivity index (χ0v) is 7.52. The molecule has 0 aromatic carbocycles. The number of hydrogen-bond donors (Lipinski definition) is 1. The number of hydrogen-bond acceptors (Lipinski definition) is 3. The summed E-state index contributed by atoms with van der Waals surface area (Å²) in [4.78, 5) is 22.3. The van der Waals surface area contributed by atoms with Crippen LogP contribution in [0, 0.1) is 5.92 Å². The number of thioether (sulfide) groups is 1. The molecule has 2 rings (SSSR count). The van der Waals surface area contributed by atoms with Crippen LogP contribution in [0.1, 0.15) is 19.3 Å². The van der Waals surface area contributed by atoms with Crippen molar-refractivity contribution in [1.29, 1.82) is 0 Å². The fraction of sp³-hybridized carbons (Fsp3) is 0.750. The lowest BCUT2D eigenvalue weighted by atomic mass is 10.2. The van der Waals surface area contributed by atoms with Gasteiger partial charge in [0.05, 0.1) is 6.04 Å². The van der Waals surface area contributed by atoms with Crippen LogP contribution in [0.2, 0.25) is 0 Å². The van der Waals surface area contributed by atoms with Gasteiger partial charge in [0.25, 0.3) is 0 Å². The van der Waals surface area contributed by atoms with Crippen molar-refractivity contribution in [3.63, 3.8) is 0 Å². The maximum atomic E-state index is 11.2. The fourth-order valence-electron chi connectivity index (χ4n) is 1.26. The van der Waals surface area contributed by atoms with Crippen LogP contribution in [0.25, 0.3) is 0 Å². The molecule has 12 heavy (non-hydrogen) atoms. The fourth-order valence-corrected chi connectivity index (χ4v) is 2.19. The average Bonchev–Trinajstić information content (AvgIpc) is 2.80. The van der Waals surface area contributed by atoms with E-state index in [-0.39, 0.29) is 23.0 Å². The topological polar surface area (TPSA) is 46.2 Å². The van der Waals surface area contributed by atoms with Crippen LogP contribution in [0.3, 0.4) is 0 Å². The van der Waals surface area contributed by atoms with Crippen molar-refractivity contribution in [2.45, 2.75) is 25.3 Å². The van der Waals surface area contributed by atoms with Crippen molar-refractivity contribution in [3.8, 4) is 0 Å². The van der Waals surface area contributed by atoms with Crippen LogP contribution in [-0.2, 0) is 9.59 Å². The minimum Gasteiger partial charge on any atom is -0.345 e. The Morgan fingerprint density at radius 3 is 2.67 bits per heavy atom. The monoisotopic (exact) mass is 185 g/mol. The van der Waals surface area contributed by atoms with Gasteiger partial charge in [-0.05, 0) is 19.3 Å². The van der Waals surface area contributed by atoms with Crippen LogP contribution in [0.5, 0.6) is 0 Å². The highest BCUT2D eigenvalue weighted by atomic mass is 32.2. The number of nitrogens with one attached hydrogen (secondary N) is 1. The Morgan fingerprint density at radius 1 is 1.42 bits per heavy atom. The van der Waals surface area contributed by atoms with Gasteiger partial charge in [-0.1, -0.05) is 11.8 Å². The molecule has 66 valence electrons. The summed E-state index contributed by atoms with van der Waals surface area (Å²) in [7, 11) is 0. The molecular formula is C8H11NO2S. The third-order valence-corrected chi connectivity index (χ3v) is 3.21. The van der Waals surface area contributed by atoms with Crippen molar-refractivity contribution < 1.29 is 9.59 Å². The summed E-state index contributed by atoms with van der Waals surface area (Å²) >= 11 is 1.33. The van der Waals surface area contributed by atoms with Gasteiger partial charge in [-0.15, -0.1) is 0 Å². The second-order valence-corrected chi connectivity index (χ2v) is 4.39. The van der Waals surface area contributed by atoms with Crippen molar-refractivity contribution in [2.24, 2.45) is 5.92 Å². The Bertz CT molecular complexity index is 225. The first-order valence-electron chi connectivity index (χ1n) is 4.24. The van der Waals surface area contributed by atoms with E-state index in [2.05, 4.69) is 5.32 Å². The quantitative estimate of drug-likeness (QED) is 0.683. The third-order valence-electron chi connectivity index (χ3n) is 2.20. The second-order valence-electron chi connectivity index (χ2n) is 3.29. The maximum Gasteiger partial charge on any atom is 0.223 e. The van der Waals surface area contributed by atoms with Gasteiger partial charge in [-0.3, -0.25) is 9.59 Å². The summed E-state index contributed by atoms with van der Waals surface area (Å²) in [5.41, 5.74) is 0. The lowest BCUT2D eigenvalue weighted by Gasteiger charge is -2.08. The summed E-state index contributed by atoms with van der Waals surface area (Å²) in [5.74, 6) is 1.15. The van der Waals surface area contributed by atoms with Crippen LogP contribution in [-0.4, -0.2) is 22.8 Å². The maximum absolute atomic E-state index is 11.2. The van der Waals surface area contributed by atoms with Gasteiger partial charge in [-0.2, -0.15) is 0 Å². The summed E-state index contributed by atoms with van der Waals surface area (Å²) in [5, 5.41) is 2.91. The SMILES string of the molecule is O=C(NC1CCSC1=O)C1CC1. The lowest BCUT2D eigenvalue weighted by molar-refractivity contribution is -0.125. The molecule has 0 spiro atoms. The van der Waals surface area contributed by atoms with Crippen molar-refractivity contribution in [2.75, 3.05) is 5.75 Å². The Labute approximate surface area is 75.3 Å². The normalized spacial score (nSPS) is 29.0. The molecule has 1 atom stereocenters. The average molecular weight is 185 g/mol. The molecule has 1 aliphatic heterocycles. The summed E-state index contributed by atoms with van der Waals surface area (Å²) in [6.45, 7) is 0. The van der Waals surface area contributed by atoms with E-state index in [1.807, 2.05) is 0 Å². The second kappa shape index (κ2) is 3.09. The zero-order chi connectivity index (χ0) is 8.55. The molecule has 4 heteroatoms. The molecular weight excluding hydrogens is 174 g/mol. The minimum atomic E-state index is -0.192. The Balaban J connectivity index is 1.84. The largest absolute Gasteiger partial charge is 0.345 e. The molecule has 0 radical (unpaired) electrons. The number of carbonyl (C=O) groups excluding carboxylic acids is 2. The highest BCUT2D eigenvalue weighted by molar-refractivity contribution is 8.14. The molecule has 1 aliphatic carbocycles. The van der Waals surface area contributed by atoms with Crippen molar-refractivity contribution in [3.05, 3.63) is 0 Å². The van der Waals surface area contributed by atoms with Crippen LogP contribution >= 0.6 is 11.8 Å². The first-order chi connectivity index (χ1) is 5.77. The molecule has 1 amide bonds. The minimum absolute atomic E-state index is 0.0795. The zero-order valence-electron chi connectivity index (χ0n) is 6.71. The van der Waals surface area contributed by atoms with Gasteiger partial charge in [0.2, 0.25) is 11.0 Å². The Hall–Kier alpha value is -0.510. The predicted octanol–water partition coefficient (Wildman–Crippen LogP) is 0.545. The van der Waals surface area contributed by atoms with Gasteiger partial charge in [-0.25, -0.2) is 0 Å². The molecule has 0 aromatic heterocycles. The first kappa shape index (κ1) is 8.10. The first-order valence-corrected chi connectivity index (χ1v) is 5.23. The van der Waals surface area contributed by atoms with E-state index in [4.69, 9.17) is 0 Å². The van der Waals surface area contributed by atoms with Gasteiger partial charge in [0.1, 0.15) is 0 Å². The highest BCUT2D eigenvalue weighted by Gasteiger charge is 2.34. The number of amides is 1. The number of carbonyl (C=O) groups is 2. The molecule has 1 saturated carbocycles. The molecule has 0 bridgehead atoms. The van der Waals surface area contributed by atoms with E-state index in [1.165, 1.54) is 11.8 Å². The lowest BCUT2D eigenvalue weighted by Crippen LogP contribution is -2.37. The van der Waals surface area contributed by atoms with Crippen LogP contribution < -0.4 is 5.32 Å². The van der Waals surface area contributed by atoms with E-state index >= 15 is 0 Å². The molecule has 0 aromatic rings. The summed E-state index contributed by atoms with van der Waals surface area (Å²) in [6.07, 6.45) is 2.81. The molecule has 1 saturated heterocycles. The summed E-state index contributed by atoms with van der Waals surface area (Å²) < 4.78 is 0. The predicted molar refractivity (Wildman–Crippen MR) is 46.7 cm³/mol. The van der Waals surface area contributed by atoms with Gasteiger partial charge >= 0.3 is 0 Å². The van der Waals surface area contributed by atoms with Gasteiger partial charge < -0.3 is 5.32 Å². The Kier molecular flexibility index (Phi) is 2.09. The summed E-state index contributed by atoms with van der Waals surface area (Å²) in [6, 6.07) is -0.192. The number of rotatable bonds is 2. The molecule has 2 aliphatic rings. The van der Waals surface area contributed by atoms with E-state index in [9.17, 15) is 9.59 Å². The van der Waals surface area contributed by atoms with Gasteiger partial charge in [0, 0.05) is 11.7 Å². The van der Waals surface area contributed by atoms with Gasteiger partial charge in [0.15, 0.2) is 0 Å². The smallest absolute Gasteiger partial charge is 0.223 e. The van der Waals surface area contributed by atoms with E-state index < -0.39 is 0 Å². The van der Waals surface area contributed by atoms with E-state index in [1.54, 1.807) is 0 Å². The third kappa shape index (κ3) is 1.63. The van der Waals surface area contributed by atoms with Crippen molar-refractivity contribution >= 4 is 22.8 Å².